The zero-order valence-corrected chi connectivity index (χ0v) is 11.3. The van der Waals surface area contributed by atoms with Gasteiger partial charge in [0.15, 0.2) is 9.84 Å². The molecular weight excluding hydrogens is 253 g/mol. The van der Waals surface area contributed by atoms with Crippen LogP contribution < -0.4 is 5.32 Å². The van der Waals surface area contributed by atoms with E-state index in [0.717, 1.165) is 25.3 Å². The van der Waals surface area contributed by atoms with Gasteiger partial charge in [-0.25, -0.2) is 12.8 Å². The average Bonchev–Trinajstić information content (AvgIpc) is 2.32. The Balaban J connectivity index is 2.14. The first-order chi connectivity index (χ1) is 8.47. The fourth-order valence-electron chi connectivity index (χ4n) is 2.29. The third-order valence-corrected chi connectivity index (χ3v) is 4.44. The molecular formula is C13H18FNO2S. The molecule has 1 N–H and O–H groups in total. The summed E-state index contributed by atoms with van der Waals surface area (Å²) in [7, 11) is -3.33. The quantitative estimate of drug-likeness (QED) is 0.913. The van der Waals surface area contributed by atoms with Crippen LogP contribution in [0.3, 0.4) is 0 Å². The minimum Gasteiger partial charge on any atom is -0.314 e. The van der Waals surface area contributed by atoms with Gasteiger partial charge >= 0.3 is 0 Å². The van der Waals surface area contributed by atoms with E-state index in [4.69, 9.17) is 0 Å². The van der Waals surface area contributed by atoms with Crippen LogP contribution in [0, 0.1) is 5.82 Å². The second kappa shape index (κ2) is 5.36. The standard InChI is InChI=1S/C13H18FNO2S/c1-18(16,17)12-6-5-10(13(14)9-12)8-11-4-2-3-7-15-11/h5-6,9,11,15H,2-4,7-8H2,1H3. The van der Waals surface area contributed by atoms with Gasteiger partial charge in [0.05, 0.1) is 4.90 Å². The smallest absolute Gasteiger partial charge is 0.175 e. The lowest BCUT2D eigenvalue weighted by molar-refractivity contribution is 0.395. The van der Waals surface area contributed by atoms with E-state index >= 15 is 0 Å². The van der Waals surface area contributed by atoms with E-state index in [1.807, 2.05) is 0 Å². The van der Waals surface area contributed by atoms with Crippen LogP contribution in [0.1, 0.15) is 24.8 Å². The van der Waals surface area contributed by atoms with E-state index in [1.54, 1.807) is 6.07 Å². The van der Waals surface area contributed by atoms with Gasteiger partial charge in [-0.1, -0.05) is 12.5 Å². The monoisotopic (exact) mass is 271 g/mol. The number of halogens is 1. The van der Waals surface area contributed by atoms with Crippen LogP contribution >= 0.6 is 0 Å². The maximum Gasteiger partial charge on any atom is 0.175 e. The van der Waals surface area contributed by atoms with Crippen molar-refractivity contribution in [2.24, 2.45) is 0 Å². The average molecular weight is 271 g/mol. The van der Waals surface area contributed by atoms with Crippen LogP contribution in [0.4, 0.5) is 4.39 Å². The first-order valence-electron chi connectivity index (χ1n) is 6.19. The van der Waals surface area contributed by atoms with Crippen molar-refractivity contribution in [1.29, 1.82) is 0 Å². The van der Waals surface area contributed by atoms with E-state index < -0.39 is 15.7 Å². The van der Waals surface area contributed by atoms with Crippen molar-refractivity contribution in [3.8, 4) is 0 Å². The Morgan fingerprint density at radius 3 is 2.72 bits per heavy atom. The van der Waals surface area contributed by atoms with Crippen molar-refractivity contribution >= 4 is 9.84 Å². The molecule has 3 nitrogen and oxygen atoms in total. The molecule has 0 radical (unpaired) electrons. The van der Waals surface area contributed by atoms with Gasteiger partial charge in [0, 0.05) is 12.3 Å². The Hall–Kier alpha value is -0.940. The first kappa shape index (κ1) is 13.5. The highest BCUT2D eigenvalue weighted by Gasteiger charge is 2.16. The number of rotatable bonds is 3. The Kier molecular flexibility index (Phi) is 4.02. The van der Waals surface area contributed by atoms with Gasteiger partial charge in [0.25, 0.3) is 0 Å². The van der Waals surface area contributed by atoms with Crippen molar-refractivity contribution in [3.63, 3.8) is 0 Å². The topological polar surface area (TPSA) is 46.2 Å². The molecule has 1 aromatic carbocycles. The van der Waals surface area contributed by atoms with Crippen molar-refractivity contribution < 1.29 is 12.8 Å². The summed E-state index contributed by atoms with van der Waals surface area (Å²) >= 11 is 0. The second-order valence-corrected chi connectivity index (χ2v) is 6.89. The lowest BCUT2D eigenvalue weighted by Crippen LogP contribution is -2.35. The van der Waals surface area contributed by atoms with E-state index in [-0.39, 0.29) is 4.90 Å². The van der Waals surface area contributed by atoms with Crippen LogP contribution in [0.25, 0.3) is 0 Å². The highest BCUT2D eigenvalue weighted by molar-refractivity contribution is 7.90. The molecule has 1 aromatic rings. The van der Waals surface area contributed by atoms with Crippen molar-refractivity contribution in [3.05, 3.63) is 29.6 Å². The molecule has 0 aliphatic carbocycles. The van der Waals surface area contributed by atoms with Crippen LogP contribution in [0.5, 0.6) is 0 Å². The summed E-state index contributed by atoms with van der Waals surface area (Å²) in [5.74, 6) is -0.426. The summed E-state index contributed by atoms with van der Waals surface area (Å²) in [5.41, 5.74) is 0.585. The number of sulfone groups is 1. The largest absolute Gasteiger partial charge is 0.314 e. The zero-order chi connectivity index (χ0) is 13.2. The molecule has 0 bridgehead atoms. The first-order valence-corrected chi connectivity index (χ1v) is 8.08. The van der Waals surface area contributed by atoms with Crippen molar-refractivity contribution in [2.45, 2.75) is 36.6 Å². The molecule has 1 aliphatic heterocycles. The van der Waals surface area contributed by atoms with Gasteiger partial charge in [-0.2, -0.15) is 0 Å². The number of hydrogen-bond acceptors (Lipinski definition) is 3. The molecule has 1 unspecified atom stereocenters. The maximum absolute atomic E-state index is 13.8. The number of hydrogen-bond donors (Lipinski definition) is 1. The third-order valence-electron chi connectivity index (χ3n) is 3.33. The molecule has 0 amide bonds. The lowest BCUT2D eigenvalue weighted by Gasteiger charge is -2.23. The summed E-state index contributed by atoms with van der Waals surface area (Å²) in [6.07, 6.45) is 5.10. The van der Waals surface area contributed by atoms with Gasteiger partial charge in [-0.3, -0.25) is 0 Å². The summed E-state index contributed by atoms with van der Waals surface area (Å²) in [6, 6.07) is 4.49. The molecule has 5 heteroatoms. The number of nitrogens with one attached hydrogen (secondary N) is 1. The second-order valence-electron chi connectivity index (χ2n) is 4.88. The van der Waals surface area contributed by atoms with E-state index in [0.29, 0.717) is 18.0 Å². The third kappa shape index (κ3) is 3.29. The Labute approximate surface area is 107 Å². The molecule has 1 atom stereocenters. The van der Waals surface area contributed by atoms with Gasteiger partial charge < -0.3 is 5.32 Å². The minimum atomic E-state index is -3.33. The molecule has 1 fully saturated rings. The highest BCUT2D eigenvalue weighted by Crippen LogP contribution is 2.18. The van der Waals surface area contributed by atoms with Crippen LogP contribution in [-0.2, 0) is 16.3 Å². The molecule has 18 heavy (non-hydrogen) atoms. The summed E-state index contributed by atoms with van der Waals surface area (Å²) in [6.45, 7) is 0.980. The van der Waals surface area contributed by atoms with Gasteiger partial charge in [-0.15, -0.1) is 0 Å². The normalized spacial score (nSPS) is 20.9. The predicted molar refractivity (Wildman–Crippen MR) is 68.9 cm³/mol. The van der Waals surface area contributed by atoms with Gasteiger partial charge in [-0.05, 0) is 43.5 Å². The number of piperidine rings is 1. The van der Waals surface area contributed by atoms with Crippen LogP contribution in [0.15, 0.2) is 23.1 Å². The Morgan fingerprint density at radius 2 is 2.17 bits per heavy atom. The fraction of sp³-hybridized carbons (Fsp3) is 0.538. The zero-order valence-electron chi connectivity index (χ0n) is 10.4. The SMILES string of the molecule is CS(=O)(=O)c1ccc(CC2CCCCN2)c(F)c1. The van der Waals surface area contributed by atoms with Crippen molar-refractivity contribution in [2.75, 3.05) is 12.8 Å². The number of benzene rings is 1. The van der Waals surface area contributed by atoms with E-state index in [1.165, 1.54) is 18.9 Å². The molecule has 0 saturated carbocycles. The van der Waals surface area contributed by atoms with Crippen LogP contribution in [-0.4, -0.2) is 27.3 Å². The predicted octanol–water partition coefficient (Wildman–Crippen LogP) is 1.91. The molecule has 1 heterocycles. The van der Waals surface area contributed by atoms with Gasteiger partial charge in [0.1, 0.15) is 5.82 Å². The molecule has 1 saturated heterocycles. The molecule has 100 valence electrons. The van der Waals surface area contributed by atoms with Gasteiger partial charge in [0.2, 0.25) is 0 Å². The molecule has 0 aromatic heterocycles. The molecule has 0 spiro atoms. The molecule has 1 aliphatic rings. The van der Waals surface area contributed by atoms with E-state index in [9.17, 15) is 12.8 Å². The van der Waals surface area contributed by atoms with Crippen molar-refractivity contribution in [1.82, 2.24) is 5.32 Å². The highest BCUT2D eigenvalue weighted by atomic mass is 32.2. The van der Waals surface area contributed by atoms with Crippen LogP contribution in [0.2, 0.25) is 0 Å². The lowest BCUT2D eigenvalue weighted by atomic mass is 9.97. The Morgan fingerprint density at radius 1 is 1.39 bits per heavy atom. The fourth-order valence-corrected chi connectivity index (χ4v) is 2.92. The minimum absolute atomic E-state index is 0.0420. The molecule has 2 rings (SSSR count). The summed E-state index contributed by atoms with van der Waals surface area (Å²) in [4.78, 5) is 0.0420. The summed E-state index contributed by atoms with van der Waals surface area (Å²) < 4.78 is 36.5. The summed E-state index contributed by atoms with van der Waals surface area (Å²) in [5, 5.41) is 3.35. The maximum atomic E-state index is 13.8. The Bertz CT molecular complexity index is 522. The van der Waals surface area contributed by atoms with E-state index in [2.05, 4.69) is 5.32 Å².